The topological polar surface area (TPSA) is 0 Å². The van der Waals surface area contributed by atoms with E-state index in [-0.39, 0.29) is 73.8 Å². The molecule has 0 aromatic rings. The zero-order valence-electron chi connectivity index (χ0n) is 1.44. The van der Waals surface area contributed by atoms with E-state index in [9.17, 15) is 0 Å². The molecule has 0 saturated carbocycles. The maximum Gasteiger partial charge on any atom is 0 e. The van der Waals surface area contributed by atoms with Crippen molar-refractivity contribution in [1.29, 1.82) is 0 Å². The van der Waals surface area contributed by atoms with Crippen LogP contribution in [0.5, 0.6) is 0 Å². The Morgan fingerprint density at radius 1 is 1.00 bits per heavy atom. The van der Waals surface area contributed by atoms with Crippen LogP contribution in [0, 0.1) is 0 Å². The van der Waals surface area contributed by atoms with Gasteiger partial charge in [-0.2, -0.15) is 0 Å². The van der Waals surface area contributed by atoms with Gasteiger partial charge in [0.2, 0.25) is 0 Å². The van der Waals surface area contributed by atoms with Crippen LogP contribution < -0.4 is 0 Å². The Balaban J connectivity index is 0. The molecular formula is AgCoCuGe. The first-order valence-electron chi connectivity index (χ1n) is 0. The summed E-state index contributed by atoms with van der Waals surface area (Å²) in [5.74, 6) is 0. The van der Waals surface area contributed by atoms with Crippen LogP contribution in [0.1, 0.15) is 0 Å². The van der Waals surface area contributed by atoms with Crippen molar-refractivity contribution in [3.8, 4) is 0 Å². The summed E-state index contributed by atoms with van der Waals surface area (Å²) in [5, 5.41) is 0. The molecule has 0 heterocycles. The molecule has 0 N–H and O–H groups in total. The summed E-state index contributed by atoms with van der Waals surface area (Å²) in [6, 6.07) is 0. The van der Waals surface area contributed by atoms with Gasteiger partial charge in [-0.3, -0.25) is 0 Å². The van der Waals surface area contributed by atoms with Crippen LogP contribution in [0.2, 0.25) is 0 Å². The Hall–Kier alpha value is 2.31. The Labute approximate surface area is 73.0 Å². The molecule has 35 valence electrons. The van der Waals surface area contributed by atoms with Gasteiger partial charge in [-0.15, -0.1) is 0 Å². The maximum atomic E-state index is 0. The third kappa shape index (κ3) is 8.85. The molecule has 4 heavy (non-hydrogen) atoms. The van der Waals surface area contributed by atoms with E-state index in [4.69, 9.17) is 0 Å². The molecular weight excluding hydrogens is 303 g/mol. The smallest absolute Gasteiger partial charge is 0 e. The standard InChI is InChI=1S/Ag.Co.Cu.Ge. The van der Waals surface area contributed by atoms with Crippen molar-refractivity contribution in [2.24, 2.45) is 0 Å². The van der Waals surface area contributed by atoms with Gasteiger partial charge in [0.15, 0.2) is 0 Å². The first-order chi connectivity index (χ1) is 0. The second kappa shape index (κ2) is 18.5. The first kappa shape index (κ1) is 33.4. The molecule has 0 aliphatic heterocycles. The molecule has 0 aliphatic rings. The van der Waals surface area contributed by atoms with E-state index in [1.807, 2.05) is 0 Å². The molecule has 0 aromatic carbocycles. The van der Waals surface area contributed by atoms with Crippen LogP contribution in [0.4, 0.5) is 0 Å². The van der Waals surface area contributed by atoms with Gasteiger partial charge < -0.3 is 0 Å². The van der Waals surface area contributed by atoms with Crippen molar-refractivity contribution in [1.82, 2.24) is 0 Å². The summed E-state index contributed by atoms with van der Waals surface area (Å²) in [6.45, 7) is 0. The molecule has 0 rings (SSSR count). The van der Waals surface area contributed by atoms with Crippen molar-refractivity contribution in [3.63, 3.8) is 0 Å². The van der Waals surface area contributed by atoms with Crippen molar-refractivity contribution in [2.75, 3.05) is 0 Å². The van der Waals surface area contributed by atoms with Gasteiger partial charge in [-0.05, 0) is 0 Å². The van der Waals surface area contributed by atoms with Gasteiger partial charge >= 0.3 is 0 Å². The molecule has 4 heteroatoms. The van der Waals surface area contributed by atoms with E-state index in [0.717, 1.165) is 0 Å². The fraction of sp³-hybridized carbons (Fsp3) is 0. The molecule has 0 aromatic heterocycles. The Kier molecular flexibility index (Phi) is 154. The molecule has 0 bridgehead atoms. The largest absolute Gasteiger partial charge is 0 e. The Morgan fingerprint density at radius 2 is 1.00 bits per heavy atom. The zero-order valence-corrected chi connectivity index (χ0v) is 7.00. The second-order valence-electron chi connectivity index (χ2n) is 0. The van der Waals surface area contributed by atoms with Gasteiger partial charge in [-0.25, -0.2) is 0 Å². The normalized spacial score (nSPS) is 0. The molecule has 0 unspecified atom stereocenters. The third-order valence-electron chi connectivity index (χ3n) is 0. The van der Waals surface area contributed by atoms with Gasteiger partial charge in [0.25, 0.3) is 0 Å². The van der Waals surface area contributed by atoms with Gasteiger partial charge in [-0.1, -0.05) is 0 Å². The van der Waals surface area contributed by atoms with Crippen molar-refractivity contribution in [2.45, 2.75) is 0 Å². The minimum absolute atomic E-state index is 0. The number of rotatable bonds is 0. The fourth-order valence-electron chi connectivity index (χ4n) is 0. The predicted molar refractivity (Wildman–Crippen MR) is 5.75 cm³/mol. The monoisotopic (exact) mass is 303 g/mol. The van der Waals surface area contributed by atoms with E-state index in [0.29, 0.717) is 0 Å². The summed E-state index contributed by atoms with van der Waals surface area (Å²) in [4.78, 5) is 0. The van der Waals surface area contributed by atoms with E-state index < -0.39 is 0 Å². The Bertz CT molecular complexity index is 8.00. The number of hydrogen-bond acceptors (Lipinski definition) is 0. The quantitative estimate of drug-likeness (QED) is 0.535. The van der Waals surface area contributed by atoms with Crippen LogP contribution in [-0.4, -0.2) is 17.6 Å². The summed E-state index contributed by atoms with van der Waals surface area (Å²) in [5.41, 5.74) is 0. The van der Waals surface area contributed by atoms with Gasteiger partial charge in [0, 0.05) is 73.8 Å². The van der Waals surface area contributed by atoms with Crippen molar-refractivity contribution in [3.05, 3.63) is 0 Å². The predicted octanol–water partition coefficient (Wildman–Crippen LogP) is -0.388. The van der Waals surface area contributed by atoms with Crippen molar-refractivity contribution >= 4 is 17.6 Å². The summed E-state index contributed by atoms with van der Waals surface area (Å²) < 4.78 is 0. The van der Waals surface area contributed by atoms with Crippen LogP contribution in [0.3, 0.4) is 0 Å². The average Bonchev–Trinajstić information content (AvgIpc) is 0. The van der Waals surface area contributed by atoms with E-state index in [1.54, 1.807) is 0 Å². The van der Waals surface area contributed by atoms with Crippen LogP contribution in [0.25, 0.3) is 0 Å². The van der Waals surface area contributed by atoms with Crippen LogP contribution in [-0.2, 0) is 56.2 Å². The average molecular weight is 303 g/mol. The molecule has 0 nitrogen and oxygen atoms in total. The molecule has 7 radical (unpaired) electrons. The van der Waals surface area contributed by atoms with Gasteiger partial charge in [0.05, 0.1) is 0 Å². The minimum atomic E-state index is 0. The Morgan fingerprint density at radius 3 is 1.00 bits per heavy atom. The summed E-state index contributed by atoms with van der Waals surface area (Å²) in [7, 11) is 0. The fourth-order valence-corrected chi connectivity index (χ4v) is 0. The third-order valence-corrected chi connectivity index (χ3v) is 0. The van der Waals surface area contributed by atoms with E-state index in [2.05, 4.69) is 0 Å². The first-order valence-corrected chi connectivity index (χ1v) is 0. The van der Waals surface area contributed by atoms with E-state index in [1.165, 1.54) is 0 Å². The van der Waals surface area contributed by atoms with Crippen molar-refractivity contribution < 1.29 is 56.2 Å². The molecule has 0 aliphatic carbocycles. The molecule has 0 amide bonds. The maximum absolute atomic E-state index is 0. The number of hydrogen-bond donors (Lipinski definition) is 0. The molecule has 0 saturated heterocycles. The minimum Gasteiger partial charge on any atom is 0 e. The summed E-state index contributed by atoms with van der Waals surface area (Å²) >= 11 is 0. The molecule has 0 atom stereocenters. The molecule has 0 spiro atoms. The SMILES string of the molecule is [Ag].[Co].[Cu].[Ge]. The second-order valence-corrected chi connectivity index (χ2v) is 0. The zero-order chi connectivity index (χ0) is 0. The van der Waals surface area contributed by atoms with Gasteiger partial charge in [0.1, 0.15) is 0 Å². The van der Waals surface area contributed by atoms with E-state index >= 15 is 0 Å². The van der Waals surface area contributed by atoms with Crippen LogP contribution in [0.15, 0.2) is 0 Å². The van der Waals surface area contributed by atoms with Crippen LogP contribution >= 0.6 is 0 Å². The molecule has 0 fully saturated rings. The summed E-state index contributed by atoms with van der Waals surface area (Å²) in [6.07, 6.45) is 0.